The molecule has 18 heavy (non-hydrogen) atoms. The molecular formula is C14H23NO2S. The summed E-state index contributed by atoms with van der Waals surface area (Å²) in [5.41, 5.74) is 8.13. The summed E-state index contributed by atoms with van der Waals surface area (Å²) in [6.45, 7) is 5.81. The number of methoxy groups -OCH3 is 1. The Hall–Kier alpha value is -0.710. The third-order valence-electron chi connectivity index (χ3n) is 3.01. The zero-order valence-electron chi connectivity index (χ0n) is 11.5. The number of benzene rings is 1. The predicted molar refractivity (Wildman–Crippen MR) is 78.0 cm³/mol. The lowest BCUT2D eigenvalue weighted by atomic mass is 10.1. The van der Waals surface area contributed by atoms with Gasteiger partial charge in [-0.1, -0.05) is 13.0 Å². The highest BCUT2D eigenvalue weighted by Crippen LogP contribution is 2.28. The second-order valence-corrected chi connectivity index (χ2v) is 5.98. The molecule has 3 N–H and O–H groups in total. The van der Waals surface area contributed by atoms with Crippen LogP contribution in [0.4, 0.5) is 0 Å². The largest absolute Gasteiger partial charge is 0.496 e. The number of aliphatic hydroxyl groups is 1. The molecule has 1 rings (SSSR count). The minimum absolute atomic E-state index is 0.0221. The van der Waals surface area contributed by atoms with Crippen LogP contribution in [0.25, 0.3) is 0 Å². The second kappa shape index (κ2) is 7.02. The summed E-state index contributed by atoms with van der Waals surface area (Å²) in [7, 11) is 1.67. The third-order valence-corrected chi connectivity index (χ3v) is 4.41. The van der Waals surface area contributed by atoms with Crippen LogP contribution in [-0.4, -0.2) is 23.6 Å². The topological polar surface area (TPSA) is 55.5 Å². The zero-order chi connectivity index (χ0) is 13.7. The van der Waals surface area contributed by atoms with E-state index < -0.39 is 0 Å². The van der Waals surface area contributed by atoms with Gasteiger partial charge in [0.1, 0.15) is 5.75 Å². The maximum Gasteiger partial charge on any atom is 0.122 e. The summed E-state index contributed by atoms with van der Waals surface area (Å²) in [6.07, 6.45) is -0.308. The van der Waals surface area contributed by atoms with Crippen molar-refractivity contribution >= 4 is 11.8 Å². The van der Waals surface area contributed by atoms with E-state index in [1.54, 1.807) is 18.9 Å². The molecule has 0 aliphatic carbocycles. The van der Waals surface area contributed by atoms with Crippen LogP contribution in [0, 0.1) is 0 Å². The maximum atomic E-state index is 9.50. The summed E-state index contributed by atoms with van der Waals surface area (Å²) in [5, 5.41) is 9.70. The van der Waals surface area contributed by atoms with Crippen molar-refractivity contribution in [3.8, 4) is 5.75 Å². The SMILES string of the molecule is COc1ccc(C(C)N)cc1CSC(C)C(C)O. The van der Waals surface area contributed by atoms with Crippen LogP contribution in [-0.2, 0) is 5.75 Å². The van der Waals surface area contributed by atoms with Crippen LogP contribution < -0.4 is 10.5 Å². The summed E-state index contributed by atoms with van der Waals surface area (Å²) in [4.78, 5) is 0. The lowest BCUT2D eigenvalue weighted by Gasteiger charge is -2.16. The van der Waals surface area contributed by atoms with Gasteiger partial charge in [0, 0.05) is 22.6 Å². The van der Waals surface area contributed by atoms with Gasteiger partial charge in [0.05, 0.1) is 13.2 Å². The molecule has 0 bridgehead atoms. The van der Waals surface area contributed by atoms with Gasteiger partial charge in [-0.3, -0.25) is 0 Å². The number of aliphatic hydroxyl groups excluding tert-OH is 1. The fraction of sp³-hybridized carbons (Fsp3) is 0.571. The van der Waals surface area contributed by atoms with Crippen molar-refractivity contribution in [2.45, 2.75) is 43.9 Å². The van der Waals surface area contributed by atoms with Crippen molar-refractivity contribution in [3.05, 3.63) is 29.3 Å². The fourth-order valence-corrected chi connectivity index (χ4v) is 2.50. The van der Waals surface area contributed by atoms with E-state index in [0.29, 0.717) is 0 Å². The first-order valence-electron chi connectivity index (χ1n) is 6.17. The van der Waals surface area contributed by atoms with Crippen LogP contribution in [0.15, 0.2) is 18.2 Å². The predicted octanol–water partition coefficient (Wildman–Crippen LogP) is 2.72. The van der Waals surface area contributed by atoms with E-state index in [1.807, 2.05) is 32.9 Å². The Morgan fingerprint density at radius 3 is 2.50 bits per heavy atom. The molecule has 1 aromatic rings. The summed E-state index contributed by atoms with van der Waals surface area (Å²) < 4.78 is 5.36. The summed E-state index contributed by atoms with van der Waals surface area (Å²) in [5.74, 6) is 1.69. The summed E-state index contributed by atoms with van der Waals surface area (Å²) >= 11 is 1.72. The highest BCUT2D eigenvalue weighted by atomic mass is 32.2. The van der Waals surface area contributed by atoms with Gasteiger partial charge in [-0.15, -0.1) is 0 Å². The number of hydrogen-bond acceptors (Lipinski definition) is 4. The van der Waals surface area contributed by atoms with E-state index in [-0.39, 0.29) is 17.4 Å². The Balaban J connectivity index is 2.81. The van der Waals surface area contributed by atoms with Gasteiger partial charge in [-0.25, -0.2) is 0 Å². The number of thioether (sulfide) groups is 1. The molecule has 0 aromatic heterocycles. The first-order chi connectivity index (χ1) is 8.45. The Morgan fingerprint density at radius 2 is 2.00 bits per heavy atom. The quantitative estimate of drug-likeness (QED) is 0.833. The van der Waals surface area contributed by atoms with Gasteiger partial charge in [0.25, 0.3) is 0 Å². The van der Waals surface area contributed by atoms with Crippen molar-refractivity contribution in [2.24, 2.45) is 5.73 Å². The molecule has 0 aliphatic heterocycles. The molecule has 0 spiro atoms. The molecule has 0 radical (unpaired) electrons. The molecule has 3 nitrogen and oxygen atoms in total. The van der Waals surface area contributed by atoms with Crippen molar-refractivity contribution in [2.75, 3.05) is 7.11 Å². The van der Waals surface area contributed by atoms with Crippen molar-refractivity contribution < 1.29 is 9.84 Å². The molecule has 0 heterocycles. The van der Waals surface area contributed by atoms with Gasteiger partial charge in [-0.05, 0) is 31.5 Å². The standard InChI is InChI=1S/C14H23NO2S/c1-9(15)12-5-6-14(17-4)13(7-12)8-18-11(3)10(2)16/h5-7,9-11,16H,8,15H2,1-4H3. The lowest BCUT2D eigenvalue weighted by molar-refractivity contribution is 0.196. The van der Waals surface area contributed by atoms with Crippen LogP contribution in [0.1, 0.15) is 37.9 Å². The van der Waals surface area contributed by atoms with E-state index in [0.717, 1.165) is 22.6 Å². The molecule has 0 aliphatic rings. The Kier molecular flexibility index (Phi) is 5.99. The first kappa shape index (κ1) is 15.3. The molecule has 1 aromatic carbocycles. The van der Waals surface area contributed by atoms with Crippen molar-refractivity contribution in [3.63, 3.8) is 0 Å². The van der Waals surface area contributed by atoms with E-state index in [9.17, 15) is 5.11 Å². The first-order valence-corrected chi connectivity index (χ1v) is 7.22. The van der Waals surface area contributed by atoms with E-state index in [2.05, 4.69) is 6.07 Å². The molecule has 0 amide bonds. The average Bonchev–Trinajstić information content (AvgIpc) is 2.35. The van der Waals surface area contributed by atoms with Gasteiger partial charge in [0.2, 0.25) is 0 Å². The monoisotopic (exact) mass is 269 g/mol. The molecule has 4 heteroatoms. The molecule has 0 fully saturated rings. The molecule has 3 unspecified atom stereocenters. The zero-order valence-corrected chi connectivity index (χ0v) is 12.3. The van der Waals surface area contributed by atoms with Gasteiger partial charge < -0.3 is 15.6 Å². The summed E-state index contributed by atoms with van der Waals surface area (Å²) in [6, 6.07) is 6.07. The average molecular weight is 269 g/mol. The molecule has 3 atom stereocenters. The number of rotatable bonds is 6. The van der Waals surface area contributed by atoms with Gasteiger partial charge in [0.15, 0.2) is 0 Å². The smallest absolute Gasteiger partial charge is 0.122 e. The van der Waals surface area contributed by atoms with Crippen molar-refractivity contribution in [1.82, 2.24) is 0 Å². The minimum atomic E-state index is -0.308. The number of nitrogens with two attached hydrogens (primary N) is 1. The normalized spacial score (nSPS) is 16.1. The third kappa shape index (κ3) is 4.19. The number of hydrogen-bond donors (Lipinski definition) is 2. The van der Waals surface area contributed by atoms with Crippen molar-refractivity contribution in [1.29, 1.82) is 0 Å². The fourth-order valence-electron chi connectivity index (χ4n) is 1.56. The van der Waals surface area contributed by atoms with E-state index >= 15 is 0 Å². The van der Waals surface area contributed by atoms with Crippen LogP contribution in [0.5, 0.6) is 5.75 Å². The highest BCUT2D eigenvalue weighted by Gasteiger charge is 2.12. The Labute approximate surface area is 114 Å². The van der Waals surface area contributed by atoms with Crippen LogP contribution in [0.2, 0.25) is 0 Å². The van der Waals surface area contributed by atoms with Gasteiger partial charge >= 0.3 is 0 Å². The van der Waals surface area contributed by atoms with Crippen LogP contribution in [0.3, 0.4) is 0 Å². The van der Waals surface area contributed by atoms with E-state index in [1.165, 1.54) is 0 Å². The van der Waals surface area contributed by atoms with E-state index in [4.69, 9.17) is 10.5 Å². The molecular weight excluding hydrogens is 246 g/mol. The lowest BCUT2D eigenvalue weighted by Crippen LogP contribution is -2.15. The minimum Gasteiger partial charge on any atom is -0.496 e. The second-order valence-electron chi connectivity index (χ2n) is 4.62. The van der Waals surface area contributed by atoms with Crippen LogP contribution >= 0.6 is 11.8 Å². The Morgan fingerprint density at radius 1 is 1.33 bits per heavy atom. The van der Waals surface area contributed by atoms with Gasteiger partial charge in [-0.2, -0.15) is 11.8 Å². The Bertz CT molecular complexity index is 380. The molecule has 0 saturated heterocycles. The maximum absolute atomic E-state index is 9.50. The highest BCUT2D eigenvalue weighted by molar-refractivity contribution is 7.99. The number of ether oxygens (including phenoxy) is 1. The molecule has 0 saturated carbocycles. The molecule has 102 valence electrons.